The smallest absolute Gasteiger partial charge is 0.253 e. The molecule has 1 heterocycles. The molecule has 0 bridgehead atoms. The van der Waals surface area contributed by atoms with Crippen molar-refractivity contribution >= 4 is 33.4 Å². The molecule has 254 valence electrons. The van der Waals surface area contributed by atoms with E-state index in [1.54, 1.807) is 36.1 Å². The van der Waals surface area contributed by atoms with Crippen LogP contribution in [0.15, 0.2) is 65.6 Å². The van der Waals surface area contributed by atoms with Gasteiger partial charge in [-0.3, -0.25) is 9.59 Å². The molecule has 9 nitrogen and oxygen atoms in total. The van der Waals surface area contributed by atoms with Gasteiger partial charge in [-0.05, 0) is 79.8 Å². The van der Waals surface area contributed by atoms with Gasteiger partial charge in [0.25, 0.3) is 11.8 Å². The number of benzene rings is 3. The summed E-state index contributed by atoms with van der Waals surface area (Å²) in [7, 11) is -4.03. The summed E-state index contributed by atoms with van der Waals surface area (Å²) in [6, 6.07) is 11.8. The summed E-state index contributed by atoms with van der Waals surface area (Å²) in [5.41, 5.74) is 1.37. The van der Waals surface area contributed by atoms with Crippen LogP contribution in [0.1, 0.15) is 58.5 Å². The standard InChI is InChI=1S/C34H41ClF2N4O5S/c1-4-11-40(12-5-2)34(44)25-15-22(3)14-24(19-25)33(43)39-29(18-23-16-26(36)20-27(37)17-23)32(42)30-21-41(13-10-38-30)47(45,46)31-9-7-6-8-28(31)35/h6-9,14-17,19-20,29-30,32,38,42H,4-5,10-13,18,21H2,1-3H3,(H,39,43)/t29-,30+,32-/m0/s1. The second kappa shape index (κ2) is 16.1. The fourth-order valence-electron chi connectivity index (χ4n) is 5.84. The Bertz CT molecular complexity index is 1670. The number of hydrogen-bond donors (Lipinski definition) is 3. The molecule has 0 radical (unpaired) electrons. The second-order valence-corrected chi connectivity index (χ2v) is 14.1. The van der Waals surface area contributed by atoms with Gasteiger partial charge in [-0.1, -0.05) is 37.6 Å². The lowest BCUT2D eigenvalue weighted by Crippen LogP contribution is -2.62. The Morgan fingerprint density at radius 3 is 2.32 bits per heavy atom. The molecule has 2 amide bonds. The molecule has 0 saturated carbocycles. The van der Waals surface area contributed by atoms with Gasteiger partial charge in [0.05, 0.1) is 17.2 Å². The first kappa shape index (κ1) is 36.4. The zero-order valence-corrected chi connectivity index (χ0v) is 28.3. The lowest BCUT2D eigenvalue weighted by Gasteiger charge is -2.38. The van der Waals surface area contributed by atoms with E-state index in [1.807, 2.05) is 13.8 Å². The van der Waals surface area contributed by atoms with Crippen molar-refractivity contribution in [3.63, 3.8) is 0 Å². The normalized spacial score (nSPS) is 16.8. The zero-order chi connectivity index (χ0) is 34.3. The quantitative estimate of drug-likeness (QED) is 0.242. The Hall–Kier alpha value is -3.42. The van der Waals surface area contributed by atoms with Gasteiger partial charge in [0, 0.05) is 56.0 Å². The maximum atomic E-state index is 14.2. The Labute approximate surface area is 280 Å². The highest BCUT2D eigenvalue weighted by atomic mass is 35.5. The first-order valence-corrected chi connectivity index (χ1v) is 17.5. The first-order chi connectivity index (χ1) is 22.3. The van der Waals surface area contributed by atoms with Crippen LogP contribution < -0.4 is 10.6 Å². The highest BCUT2D eigenvalue weighted by molar-refractivity contribution is 7.89. The molecule has 1 fully saturated rings. The fraction of sp³-hybridized carbons (Fsp3) is 0.412. The molecule has 1 aliphatic heterocycles. The molecule has 4 rings (SSSR count). The highest BCUT2D eigenvalue weighted by Gasteiger charge is 2.37. The third kappa shape index (κ3) is 9.14. The van der Waals surface area contributed by atoms with E-state index in [2.05, 4.69) is 10.6 Å². The van der Waals surface area contributed by atoms with E-state index in [0.717, 1.165) is 31.0 Å². The lowest BCUT2D eigenvalue weighted by atomic mass is 9.94. The molecular weight excluding hydrogens is 650 g/mol. The van der Waals surface area contributed by atoms with Crippen molar-refractivity contribution < 1.29 is 31.9 Å². The van der Waals surface area contributed by atoms with Crippen LogP contribution in [0, 0.1) is 18.6 Å². The van der Waals surface area contributed by atoms with Crippen LogP contribution in [0.5, 0.6) is 0 Å². The van der Waals surface area contributed by atoms with E-state index in [4.69, 9.17) is 11.6 Å². The number of carbonyl (C=O) groups is 2. The van der Waals surface area contributed by atoms with Crippen LogP contribution >= 0.6 is 11.6 Å². The van der Waals surface area contributed by atoms with E-state index in [-0.39, 0.29) is 53.0 Å². The van der Waals surface area contributed by atoms with Gasteiger partial charge in [0.15, 0.2) is 0 Å². The number of aryl methyl sites for hydroxylation is 1. The molecule has 3 aromatic rings. The summed E-state index contributed by atoms with van der Waals surface area (Å²) in [6.45, 7) is 7.00. The number of aliphatic hydroxyl groups excluding tert-OH is 1. The molecule has 0 aromatic heterocycles. The Morgan fingerprint density at radius 2 is 1.68 bits per heavy atom. The fourth-order valence-corrected chi connectivity index (χ4v) is 7.80. The Balaban J connectivity index is 1.62. The molecular formula is C34H41ClF2N4O5S. The Morgan fingerprint density at radius 1 is 1.04 bits per heavy atom. The summed E-state index contributed by atoms with van der Waals surface area (Å²) in [6.07, 6.45) is -0.0188. The van der Waals surface area contributed by atoms with E-state index >= 15 is 0 Å². The number of halogens is 3. The average molecular weight is 691 g/mol. The second-order valence-electron chi connectivity index (χ2n) is 11.8. The summed E-state index contributed by atoms with van der Waals surface area (Å²) in [5, 5.41) is 17.6. The van der Waals surface area contributed by atoms with Crippen LogP contribution in [0.3, 0.4) is 0 Å². The number of sulfonamides is 1. The van der Waals surface area contributed by atoms with Gasteiger partial charge in [0.1, 0.15) is 16.5 Å². The number of amides is 2. The van der Waals surface area contributed by atoms with Crippen LogP contribution in [-0.4, -0.2) is 85.5 Å². The van der Waals surface area contributed by atoms with Crippen molar-refractivity contribution in [3.05, 3.63) is 99.6 Å². The predicted molar refractivity (Wildman–Crippen MR) is 177 cm³/mol. The zero-order valence-electron chi connectivity index (χ0n) is 26.7. The molecule has 3 aromatic carbocycles. The van der Waals surface area contributed by atoms with Crippen molar-refractivity contribution in [1.29, 1.82) is 0 Å². The minimum absolute atomic E-state index is 0.0601. The van der Waals surface area contributed by atoms with Crippen molar-refractivity contribution in [2.24, 2.45) is 0 Å². The largest absolute Gasteiger partial charge is 0.389 e. The van der Waals surface area contributed by atoms with Gasteiger partial charge in [-0.25, -0.2) is 17.2 Å². The van der Waals surface area contributed by atoms with Crippen molar-refractivity contribution in [2.45, 2.75) is 63.1 Å². The van der Waals surface area contributed by atoms with Gasteiger partial charge in [0.2, 0.25) is 10.0 Å². The SMILES string of the molecule is CCCN(CCC)C(=O)c1cc(C)cc(C(=O)N[C@@H](Cc2cc(F)cc(F)c2)[C@H](O)[C@H]2CN(S(=O)(=O)c3ccccc3Cl)CCN2)c1. The summed E-state index contributed by atoms with van der Waals surface area (Å²) in [5.74, 6) is -2.46. The molecule has 0 spiro atoms. The van der Waals surface area contributed by atoms with E-state index in [0.29, 0.717) is 24.2 Å². The summed E-state index contributed by atoms with van der Waals surface area (Å²) >= 11 is 6.20. The number of nitrogens with one attached hydrogen (secondary N) is 2. The number of piperazine rings is 1. The lowest BCUT2D eigenvalue weighted by molar-refractivity contribution is 0.0600. The maximum Gasteiger partial charge on any atom is 0.253 e. The molecule has 0 unspecified atom stereocenters. The number of aliphatic hydroxyl groups is 1. The van der Waals surface area contributed by atoms with Gasteiger partial charge in [-0.2, -0.15) is 4.31 Å². The highest BCUT2D eigenvalue weighted by Crippen LogP contribution is 2.26. The van der Waals surface area contributed by atoms with Crippen molar-refractivity contribution in [3.8, 4) is 0 Å². The molecule has 1 aliphatic rings. The molecule has 3 atom stereocenters. The molecule has 0 aliphatic carbocycles. The minimum atomic E-state index is -4.03. The summed E-state index contributed by atoms with van der Waals surface area (Å²) < 4.78 is 56.5. The summed E-state index contributed by atoms with van der Waals surface area (Å²) in [4.78, 5) is 28.7. The monoisotopic (exact) mass is 690 g/mol. The number of nitrogens with zero attached hydrogens (tertiary/aromatic N) is 2. The number of rotatable bonds is 13. The number of hydrogen-bond acceptors (Lipinski definition) is 6. The topological polar surface area (TPSA) is 119 Å². The third-order valence-corrected chi connectivity index (χ3v) is 10.4. The first-order valence-electron chi connectivity index (χ1n) is 15.7. The van der Waals surface area contributed by atoms with E-state index < -0.39 is 45.8 Å². The van der Waals surface area contributed by atoms with Gasteiger partial charge in [-0.15, -0.1) is 0 Å². The van der Waals surface area contributed by atoms with Crippen molar-refractivity contribution in [1.82, 2.24) is 19.8 Å². The Kier molecular flexibility index (Phi) is 12.5. The number of carbonyl (C=O) groups excluding carboxylic acids is 2. The molecule has 1 saturated heterocycles. The maximum absolute atomic E-state index is 14.2. The minimum Gasteiger partial charge on any atom is -0.389 e. The van der Waals surface area contributed by atoms with Crippen molar-refractivity contribution in [2.75, 3.05) is 32.7 Å². The van der Waals surface area contributed by atoms with E-state index in [9.17, 15) is 31.9 Å². The molecule has 13 heteroatoms. The van der Waals surface area contributed by atoms with Crippen LogP contribution in [-0.2, 0) is 16.4 Å². The van der Waals surface area contributed by atoms with Crippen LogP contribution in [0.2, 0.25) is 5.02 Å². The van der Waals surface area contributed by atoms with Gasteiger partial charge >= 0.3 is 0 Å². The molecule has 3 N–H and O–H groups in total. The van der Waals surface area contributed by atoms with Gasteiger partial charge < -0.3 is 20.6 Å². The van der Waals surface area contributed by atoms with Crippen LogP contribution in [0.25, 0.3) is 0 Å². The average Bonchev–Trinajstić information content (AvgIpc) is 3.03. The van der Waals surface area contributed by atoms with E-state index in [1.165, 1.54) is 22.5 Å². The molecule has 47 heavy (non-hydrogen) atoms. The predicted octanol–water partition coefficient (Wildman–Crippen LogP) is 4.55. The van der Waals surface area contributed by atoms with Crippen LogP contribution in [0.4, 0.5) is 8.78 Å². The third-order valence-electron chi connectivity index (χ3n) is 8.00.